The third-order valence-electron chi connectivity index (χ3n) is 3.23. The molecule has 2 aromatic heterocycles. The second-order valence-electron chi connectivity index (χ2n) is 5.02. The molecule has 0 aliphatic rings. The fourth-order valence-corrected chi connectivity index (χ4v) is 3.34. The quantitative estimate of drug-likeness (QED) is 0.770. The molecular formula is C13H21ClN4S. The lowest BCUT2D eigenvalue weighted by Crippen LogP contribution is -2.14. The van der Waals surface area contributed by atoms with Gasteiger partial charge in [0.15, 0.2) is 5.65 Å². The van der Waals surface area contributed by atoms with Gasteiger partial charge in [-0.05, 0) is 24.9 Å². The third-order valence-corrected chi connectivity index (χ3v) is 4.32. The summed E-state index contributed by atoms with van der Waals surface area (Å²) in [6.07, 6.45) is 2.95. The number of aryl methyl sites for hydroxylation is 3. The number of imidazole rings is 1. The largest absolute Gasteiger partial charge is 0.313 e. The van der Waals surface area contributed by atoms with Crippen LogP contribution in [-0.4, -0.2) is 37.2 Å². The van der Waals surface area contributed by atoms with Gasteiger partial charge in [-0.25, -0.2) is 4.98 Å². The minimum atomic E-state index is 0.604. The van der Waals surface area contributed by atoms with Crippen molar-refractivity contribution in [1.82, 2.24) is 19.3 Å². The van der Waals surface area contributed by atoms with Gasteiger partial charge in [-0.15, -0.1) is 11.6 Å². The molecule has 4 nitrogen and oxygen atoms in total. The van der Waals surface area contributed by atoms with Gasteiger partial charge in [0.2, 0.25) is 0 Å². The Morgan fingerprint density at radius 2 is 2.16 bits per heavy atom. The van der Waals surface area contributed by atoms with Crippen molar-refractivity contribution in [2.24, 2.45) is 13.0 Å². The van der Waals surface area contributed by atoms with Crippen LogP contribution in [0, 0.1) is 12.8 Å². The van der Waals surface area contributed by atoms with E-state index in [2.05, 4.69) is 22.8 Å². The molecular weight excluding hydrogens is 280 g/mol. The highest BCUT2D eigenvalue weighted by molar-refractivity contribution is 7.98. The highest BCUT2D eigenvalue weighted by Crippen LogP contribution is 2.21. The predicted octanol–water partition coefficient (Wildman–Crippen LogP) is 2.86. The van der Waals surface area contributed by atoms with Crippen LogP contribution >= 0.6 is 23.4 Å². The van der Waals surface area contributed by atoms with E-state index in [9.17, 15) is 0 Å². The van der Waals surface area contributed by atoms with Gasteiger partial charge in [0.25, 0.3) is 0 Å². The summed E-state index contributed by atoms with van der Waals surface area (Å²) < 4.78 is 4.22. The summed E-state index contributed by atoms with van der Waals surface area (Å²) in [5.41, 5.74) is 3.12. The Balaban J connectivity index is 2.44. The van der Waals surface area contributed by atoms with Crippen LogP contribution in [0.3, 0.4) is 0 Å². The minimum absolute atomic E-state index is 0.604. The summed E-state index contributed by atoms with van der Waals surface area (Å²) in [5, 5.41) is 4.46. The second-order valence-corrected chi connectivity index (χ2v) is 6.31. The van der Waals surface area contributed by atoms with Gasteiger partial charge >= 0.3 is 0 Å². The van der Waals surface area contributed by atoms with E-state index in [-0.39, 0.29) is 0 Å². The summed E-state index contributed by atoms with van der Waals surface area (Å²) >= 11 is 7.78. The molecule has 2 rings (SSSR count). The molecule has 6 heteroatoms. The Labute approximate surface area is 123 Å². The van der Waals surface area contributed by atoms with E-state index < -0.39 is 0 Å². The van der Waals surface area contributed by atoms with Crippen molar-refractivity contribution in [3.8, 4) is 0 Å². The van der Waals surface area contributed by atoms with Gasteiger partial charge in [-0.2, -0.15) is 16.9 Å². The van der Waals surface area contributed by atoms with Crippen LogP contribution < -0.4 is 0 Å². The maximum absolute atomic E-state index is 5.90. The Morgan fingerprint density at radius 1 is 1.42 bits per heavy atom. The molecule has 106 valence electrons. The van der Waals surface area contributed by atoms with Gasteiger partial charge < -0.3 is 4.57 Å². The average molecular weight is 301 g/mol. The molecule has 0 aliphatic carbocycles. The molecule has 0 N–H and O–H groups in total. The number of aromatic nitrogens is 4. The fraction of sp³-hybridized carbons (Fsp3) is 0.692. The van der Waals surface area contributed by atoms with Crippen molar-refractivity contribution in [3.63, 3.8) is 0 Å². The van der Waals surface area contributed by atoms with Crippen molar-refractivity contribution in [1.29, 1.82) is 0 Å². The van der Waals surface area contributed by atoms with E-state index in [1.54, 1.807) is 0 Å². The van der Waals surface area contributed by atoms with Gasteiger partial charge in [0.1, 0.15) is 11.3 Å². The zero-order valence-corrected chi connectivity index (χ0v) is 13.6. The molecule has 19 heavy (non-hydrogen) atoms. The number of halogens is 1. The normalized spacial score (nSPS) is 13.3. The summed E-state index contributed by atoms with van der Waals surface area (Å²) in [6, 6.07) is 0. The van der Waals surface area contributed by atoms with E-state index >= 15 is 0 Å². The van der Waals surface area contributed by atoms with E-state index in [1.165, 1.54) is 0 Å². The van der Waals surface area contributed by atoms with Crippen LogP contribution in [0.5, 0.6) is 0 Å². The zero-order chi connectivity index (χ0) is 14.0. The molecule has 0 spiro atoms. The van der Waals surface area contributed by atoms with Crippen molar-refractivity contribution in [2.75, 3.05) is 17.9 Å². The molecule has 0 amide bonds. The molecule has 0 radical (unpaired) electrons. The number of hydrogen-bond acceptors (Lipinski definition) is 3. The van der Waals surface area contributed by atoms with Crippen LogP contribution in [0.4, 0.5) is 0 Å². The summed E-state index contributed by atoms with van der Waals surface area (Å²) in [5.74, 6) is 3.44. The van der Waals surface area contributed by atoms with Crippen molar-refractivity contribution in [2.45, 2.75) is 26.8 Å². The van der Waals surface area contributed by atoms with E-state index in [4.69, 9.17) is 16.6 Å². The van der Waals surface area contributed by atoms with E-state index in [1.807, 2.05) is 30.4 Å². The van der Waals surface area contributed by atoms with Crippen LogP contribution in [-0.2, 0) is 20.0 Å². The lowest BCUT2D eigenvalue weighted by molar-refractivity contribution is 0.517. The molecule has 0 bridgehead atoms. The molecule has 1 atom stereocenters. The maximum Gasteiger partial charge on any atom is 0.158 e. The minimum Gasteiger partial charge on any atom is -0.313 e. The first-order valence-electron chi connectivity index (χ1n) is 6.52. The molecule has 2 aromatic rings. The molecule has 0 fully saturated rings. The molecule has 0 aromatic carbocycles. The second kappa shape index (κ2) is 6.18. The molecule has 0 saturated heterocycles. The molecule has 0 aliphatic heterocycles. The zero-order valence-electron chi connectivity index (χ0n) is 12.0. The highest BCUT2D eigenvalue weighted by atomic mass is 35.5. The monoisotopic (exact) mass is 300 g/mol. The first kappa shape index (κ1) is 14.7. The van der Waals surface area contributed by atoms with Crippen LogP contribution in [0.15, 0.2) is 0 Å². The summed E-state index contributed by atoms with van der Waals surface area (Å²) in [7, 11) is 1.98. The van der Waals surface area contributed by atoms with Crippen molar-refractivity contribution in [3.05, 3.63) is 11.5 Å². The number of hydrogen-bond donors (Lipinski definition) is 0. The standard InChI is InChI=1S/C13H21ClN4S/c1-9(8-19-4)7-18-11(5-6-14)15-12-10(2)16-17(3)13(12)18/h9H,5-8H2,1-4H3. The van der Waals surface area contributed by atoms with E-state index in [0.717, 1.165) is 41.4 Å². The molecule has 2 heterocycles. The van der Waals surface area contributed by atoms with E-state index in [0.29, 0.717) is 11.8 Å². The Hall–Kier alpha value is -0.680. The lowest BCUT2D eigenvalue weighted by Gasteiger charge is -2.14. The van der Waals surface area contributed by atoms with Gasteiger partial charge in [0.05, 0.1) is 5.69 Å². The molecule has 0 saturated carbocycles. The van der Waals surface area contributed by atoms with Crippen LogP contribution in [0.1, 0.15) is 18.4 Å². The summed E-state index contributed by atoms with van der Waals surface area (Å²) in [4.78, 5) is 4.72. The van der Waals surface area contributed by atoms with Gasteiger partial charge in [-0.1, -0.05) is 6.92 Å². The van der Waals surface area contributed by atoms with Crippen LogP contribution in [0.2, 0.25) is 0 Å². The smallest absolute Gasteiger partial charge is 0.158 e. The first-order chi connectivity index (χ1) is 9.08. The number of thioether (sulfide) groups is 1. The van der Waals surface area contributed by atoms with Gasteiger partial charge in [0, 0.05) is 25.9 Å². The lowest BCUT2D eigenvalue weighted by atomic mass is 10.2. The number of nitrogens with zero attached hydrogens (tertiary/aromatic N) is 4. The van der Waals surface area contributed by atoms with Crippen molar-refractivity contribution < 1.29 is 0 Å². The Morgan fingerprint density at radius 3 is 2.79 bits per heavy atom. The highest BCUT2D eigenvalue weighted by Gasteiger charge is 2.18. The maximum atomic E-state index is 5.90. The number of rotatable bonds is 6. The fourth-order valence-electron chi connectivity index (χ4n) is 2.50. The Bertz CT molecular complexity index is 560. The summed E-state index contributed by atoms with van der Waals surface area (Å²) in [6.45, 7) is 5.26. The first-order valence-corrected chi connectivity index (χ1v) is 8.45. The predicted molar refractivity (Wildman–Crippen MR) is 83.2 cm³/mol. The SMILES string of the molecule is CSCC(C)Cn1c(CCCl)nc2c(C)nn(C)c21. The third kappa shape index (κ3) is 2.92. The number of fused-ring (bicyclic) bond motifs is 1. The molecule has 1 unspecified atom stereocenters. The average Bonchev–Trinajstić information content (AvgIpc) is 2.81. The topological polar surface area (TPSA) is 35.6 Å². The van der Waals surface area contributed by atoms with Crippen LogP contribution in [0.25, 0.3) is 11.2 Å². The Kier molecular flexibility index (Phi) is 4.79. The van der Waals surface area contributed by atoms with Crippen molar-refractivity contribution >= 4 is 34.5 Å². The van der Waals surface area contributed by atoms with Gasteiger partial charge in [-0.3, -0.25) is 4.68 Å². The number of alkyl halides is 1.